The Bertz CT molecular complexity index is 61.5. The second-order valence-corrected chi connectivity index (χ2v) is 8.09. The first kappa shape index (κ1) is 9.35. The van der Waals surface area contributed by atoms with Gasteiger partial charge in [-0.15, -0.1) is 0 Å². The van der Waals surface area contributed by atoms with Crippen LogP contribution in [0.4, 0.5) is 0 Å². The fourth-order valence-electron chi connectivity index (χ4n) is 0.785. The van der Waals surface area contributed by atoms with Crippen LogP contribution in [0.15, 0.2) is 0 Å². The Morgan fingerprint density at radius 3 is 1.89 bits per heavy atom. The van der Waals surface area contributed by atoms with Crippen LogP contribution in [-0.2, 0) is 0 Å². The summed E-state index contributed by atoms with van der Waals surface area (Å²) in [5, 5.41) is 0. The van der Waals surface area contributed by atoms with E-state index < -0.39 is 0 Å². The summed E-state index contributed by atoms with van der Waals surface area (Å²) in [7, 11) is -0.196. The van der Waals surface area contributed by atoms with Crippen molar-refractivity contribution in [2.75, 3.05) is 24.5 Å². The Kier molecular flexibility index (Phi) is 4.37. The molecular weight excluding hydrogens is 128 g/mol. The van der Waals surface area contributed by atoms with E-state index in [4.69, 9.17) is 0 Å². The largest absolute Gasteiger partial charge is 0.250 e. The molecule has 0 amide bonds. The highest BCUT2D eigenvalue weighted by atomic mass is 32.3. The third-order valence-corrected chi connectivity index (χ3v) is 2.87. The molecule has 0 aromatic rings. The lowest BCUT2D eigenvalue weighted by atomic mass is 10.3. The molecule has 0 fully saturated rings. The van der Waals surface area contributed by atoms with Crippen LogP contribution < -0.4 is 0 Å². The van der Waals surface area contributed by atoms with Gasteiger partial charge in [-0.25, -0.2) is 10.0 Å². The fraction of sp³-hybridized carbons (Fsp3) is 1.00. The standard InChI is InChI=1S/C8H20S/c1-5-6-7-8-9(2,3)4/h5-8H2,1-4H3. The Labute approximate surface area is 61.4 Å². The molecule has 0 nitrogen and oxygen atoms in total. The molecule has 0 aliphatic rings. The fourth-order valence-corrected chi connectivity index (χ4v) is 1.86. The minimum atomic E-state index is -0.196. The molecule has 0 heterocycles. The Morgan fingerprint density at radius 2 is 1.56 bits per heavy atom. The molecule has 0 aromatic heterocycles. The van der Waals surface area contributed by atoms with E-state index in [9.17, 15) is 0 Å². The highest BCUT2D eigenvalue weighted by Crippen LogP contribution is 2.35. The van der Waals surface area contributed by atoms with Crippen molar-refractivity contribution in [2.24, 2.45) is 0 Å². The first-order chi connectivity index (χ1) is 4.06. The zero-order valence-corrected chi connectivity index (χ0v) is 8.05. The van der Waals surface area contributed by atoms with E-state index in [0.29, 0.717) is 0 Å². The summed E-state index contributed by atoms with van der Waals surface area (Å²) in [6, 6.07) is 0. The molecule has 0 bridgehead atoms. The van der Waals surface area contributed by atoms with Crippen molar-refractivity contribution in [2.45, 2.75) is 26.2 Å². The van der Waals surface area contributed by atoms with E-state index in [1.165, 1.54) is 25.0 Å². The molecule has 9 heavy (non-hydrogen) atoms. The molecule has 0 saturated heterocycles. The molecule has 0 N–H and O–H groups in total. The van der Waals surface area contributed by atoms with Gasteiger partial charge in [0.1, 0.15) is 0 Å². The second kappa shape index (κ2) is 4.21. The number of rotatable bonds is 4. The van der Waals surface area contributed by atoms with Crippen LogP contribution in [0.1, 0.15) is 26.2 Å². The normalized spacial score (nSPS) is 13.8. The summed E-state index contributed by atoms with van der Waals surface area (Å²) in [6.07, 6.45) is 11.4. The van der Waals surface area contributed by atoms with Gasteiger partial charge in [0.25, 0.3) is 0 Å². The summed E-state index contributed by atoms with van der Waals surface area (Å²) >= 11 is 0. The van der Waals surface area contributed by atoms with E-state index in [1.807, 2.05) is 0 Å². The monoisotopic (exact) mass is 148 g/mol. The molecule has 0 rings (SSSR count). The van der Waals surface area contributed by atoms with E-state index >= 15 is 0 Å². The van der Waals surface area contributed by atoms with Gasteiger partial charge in [0, 0.05) is 0 Å². The quantitative estimate of drug-likeness (QED) is 0.538. The molecule has 0 saturated carbocycles. The molecule has 0 unspecified atom stereocenters. The molecule has 1 heteroatoms. The SMILES string of the molecule is CCCCCS(C)(C)C. The number of hydrogen-bond acceptors (Lipinski definition) is 0. The molecule has 58 valence electrons. The maximum absolute atomic E-state index is 2.39. The van der Waals surface area contributed by atoms with E-state index in [1.54, 1.807) is 0 Å². The van der Waals surface area contributed by atoms with Crippen LogP contribution in [0.5, 0.6) is 0 Å². The Morgan fingerprint density at radius 1 is 1.00 bits per heavy atom. The van der Waals surface area contributed by atoms with Crippen molar-refractivity contribution < 1.29 is 0 Å². The average molecular weight is 148 g/mol. The molecule has 0 atom stereocenters. The van der Waals surface area contributed by atoms with Crippen molar-refractivity contribution >= 4 is 10.0 Å². The molecule has 0 aliphatic heterocycles. The van der Waals surface area contributed by atoms with Gasteiger partial charge in [-0.05, 0) is 30.9 Å². The van der Waals surface area contributed by atoms with Gasteiger partial charge < -0.3 is 0 Å². The minimum absolute atomic E-state index is 0.196. The topological polar surface area (TPSA) is 0 Å². The van der Waals surface area contributed by atoms with Crippen molar-refractivity contribution in [3.8, 4) is 0 Å². The van der Waals surface area contributed by atoms with Gasteiger partial charge in [-0.3, -0.25) is 0 Å². The zero-order chi connectivity index (χ0) is 7.33. The third kappa shape index (κ3) is 8.35. The van der Waals surface area contributed by atoms with Gasteiger partial charge in [0.2, 0.25) is 0 Å². The predicted octanol–water partition coefficient (Wildman–Crippen LogP) is 2.87. The van der Waals surface area contributed by atoms with Crippen molar-refractivity contribution in [3.63, 3.8) is 0 Å². The lowest BCUT2D eigenvalue weighted by Crippen LogP contribution is -1.97. The van der Waals surface area contributed by atoms with Gasteiger partial charge in [-0.2, -0.15) is 0 Å². The van der Waals surface area contributed by atoms with Crippen LogP contribution in [0.25, 0.3) is 0 Å². The first-order valence-corrected chi connectivity index (χ1v) is 6.75. The van der Waals surface area contributed by atoms with Crippen LogP contribution in [-0.4, -0.2) is 24.5 Å². The molecule has 0 aliphatic carbocycles. The van der Waals surface area contributed by atoms with Gasteiger partial charge in [0.05, 0.1) is 0 Å². The summed E-state index contributed by atoms with van der Waals surface area (Å²) in [4.78, 5) is 0. The average Bonchev–Trinajstić information content (AvgIpc) is 1.63. The zero-order valence-electron chi connectivity index (χ0n) is 7.24. The summed E-state index contributed by atoms with van der Waals surface area (Å²) in [6.45, 7) is 2.26. The van der Waals surface area contributed by atoms with Gasteiger partial charge in [-0.1, -0.05) is 19.8 Å². The lowest BCUT2D eigenvalue weighted by molar-refractivity contribution is 0.777. The maximum atomic E-state index is 2.39. The Balaban J connectivity index is 3.07. The van der Waals surface area contributed by atoms with Gasteiger partial charge >= 0.3 is 0 Å². The molecule has 0 spiro atoms. The van der Waals surface area contributed by atoms with Crippen molar-refractivity contribution in [1.82, 2.24) is 0 Å². The van der Waals surface area contributed by atoms with E-state index in [0.717, 1.165) is 0 Å². The summed E-state index contributed by atoms with van der Waals surface area (Å²) in [5.41, 5.74) is 0. The van der Waals surface area contributed by atoms with Crippen LogP contribution in [0.2, 0.25) is 0 Å². The molecule has 0 aromatic carbocycles. The summed E-state index contributed by atoms with van der Waals surface area (Å²) < 4.78 is 0. The van der Waals surface area contributed by atoms with Crippen LogP contribution >= 0.6 is 10.0 Å². The third-order valence-electron chi connectivity index (χ3n) is 1.36. The minimum Gasteiger partial charge on any atom is -0.250 e. The molecule has 0 radical (unpaired) electrons. The highest BCUT2D eigenvalue weighted by Gasteiger charge is 2.01. The predicted molar refractivity (Wildman–Crippen MR) is 49.8 cm³/mol. The second-order valence-electron chi connectivity index (χ2n) is 3.50. The smallest absolute Gasteiger partial charge is 0.0235 e. The number of hydrogen-bond donors (Lipinski definition) is 0. The number of unbranched alkanes of at least 4 members (excludes halogenated alkanes) is 2. The van der Waals surface area contributed by atoms with Crippen LogP contribution in [0, 0.1) is 0 Å². The Hall–Kier alpha value is 0.350. The van der Waals surface area contributed by atoms with Crippen LogP contribution in [0.3, 0.4) is 0 Å². The summed E-state index contributed by atoms with van der Waals surface area (Å²) in [5.74, 6) is 1.46. The van der Waals surface area contributed by atoms with E-state index in [2.05, 4.69) is 25.7 Å². The van der Waals surface area contributed by atoms with Crippen molar-refractivity contribution in [3.05, 3.63) is 0 Å². The first-order valence-electron chi connectivity index (χ1n) is 3.72. The lowest BCUT2D eigenvalue weighted by Gasteiger charge is -2.24. The highest BCUT2D eigenvalue weighted by molar-refractivity contribution is 8.32. The van der Waals surface area contributed by atoms with E-state index in [-0.39, 0.29) is 10.0 Å². The molecular formula is C8H20S. The van der Waals surface area contributed by atoms with Crippen molar-refractivity contribution in [1.29, 1.82) is 0 Å². The van der Waals surface area contributed by atoms with Gasteiger partial charge in [0.15, 0.2) is 0 Å². The maximum Gasteiger partial charge on any atom is -0.0235 e.